The van der Waals surface area contributed by atoms with Crippen molar-refractivity contribution < 1.29 is 13.2 Å². The number of aryl methyl sites for hydroxylation is 1. The summed E-state index contributed by atoms with van der Waals surface area (Å²) >= 11 is 0. The van der Waals surface area contributed by atoms with Crippen molar-refractivity contribution >= 4 is 15.6 Å². The minimum absolute atomic E-state index is 0.0875. The van der Waals surface area contributed by atoms with E-state index in [1.54, 1.807) is 12.1 Å². The highest BCUT2D eigenvalue weighted by Crippen LogP contribution is 2.25. The minimum Gasteiger partial charge on any atom is -0.305 e. The fourth-order valence-electron chi connectivity index (χ4n) is 3.18. The second-order valence-electron chi connectivity index (χ2n) is 6.99. The number of benzene rings is 1. The van der Waals surface area contributed by atoms with Crippen molar-refractivity contribution in [1.82, 2.24) is 4.90 Å². The summed E-state index contributed by atoms with van der Waals surface area (Å²) in [5.74, 6) is 0.677. The summed E-state index contributed by atoms with van der Waals surface area (Å²) in [6.07, 6.45) is 6.18. The van der Waals surface area contributed by atoms with E-state index in [2.05, 4.69) is 0 Å². The molecule has 1 aromatic rings. The van der Waals surface area contributed by atoms with Crippen molar-refractivity contribution in [2.45, 2.75) is 50.3 Å². The maximum absolute atomic E-state index is 12.3. The number of nitrogens with zero attached hydrogens (tertiary/aromatic N) is 1. The number of hydrogen-bond acceptors (Lipinski definition) is 4. The van der Waals surface area contributed by atoms with Gasteiger partial charge in [0.15, 0.2) is 9.84 Å². The number of ketones is 1. The molecule has 0 bridgehead atoms. The van der Waals surface area contributed by atoms with Crippen LogP contribution in [0.15, 0.2) is 29.2 Å². The third-order valence-corrected chi connectivity index (χ3v) is 6.63. The SMILES string of the molecule is Cc1ccc(S(=O)(=O)CCN(C)CCC(=O)C2CCCCC2)cc1. The highest BCUT2D eigenvalue weighted by molar-refractivity contribution is 7.91. The van der Waals surface area contributed by atoms with Crippen LogP contribution < -0.4 is 0 Å². The first-order chi connectivity index (χ1) is 11.4. The molecule has 0 N–H and O–H groups in total. The molecule has 2 rings (SSSR count). The number of sulfone groups is 1. The average molecular weight is 352 g/mol. The van der Waals surface area contributed by atoms with Crippen molar-refractivity contribution in [3.8, 4) is 0 Å². The summed E-state index contributed by atoms with van der Waals surface area (Å²) in [6.45, 7) is 3.03. The Kier molecular flexibility index (Phi) is 6.99. The number of hydrogen-bond donors (Lipinski definition) is 0. The predicted octanol–water partition coefficient (Wildman–Crippen LogP) is 3.24. The van der Waals surface area contributed by atoms with Crippen molar-refractivity contribution in [3.63, 3.8) is 0 Å². The van der Waals surface area contributed by atoms with Crippen molar-refractivity contribution in [2.24, 2.45) is 5.92 Å². The molecule has 1 aliphatic carbocycles. The van der Waals surface area contributed by atoms with Crippen LogP contribution in [0.4, 0.5) is 0 Å². The molecule has 0 amide bonds. The Labute approximate surface area is 146 Å². The van der Waals surface area contributed by atoms with Gasteiger partial charge in [-0.1, -0.05) is 37.0 Å². The molecule has 1 fully saturated rings. The molecule has 0 heterocycles. The zero-order valence-corrected chi connectivity index (χ0v) is 15.6. The van der Waals surface area contributed by atoms with E-state index in [-0.39, 0.29) is 11.7 Å². The quantitative estimate of drug-likeness (QED) is 0.721. The molecule has 0 aliphatic heterocycles. The molecular weight excluding hydrogens is 322 g/mol. The van der Waals surface area contributed by atoms with Gasteiger partial charge in [-0.05, 0) is 38.9 Å². The molecule has 1 aromatic carbocycles. The zero-order valence-electron chi connectivity index (χ0n) is 14.8. The van der Waals surface area contributed by atoms with Crippen LogP contribution in [0.25, 0.3) is 0 Å². The van der Waals surface area contributed by atoms with Crippen LogP contribution in [0.5, 0.6) is 0 Å². The van der Waals surface area contributed by atoms with Gasteiger partial charge in [0.2, 0.25) is 0 Å². The second-order valence-corrected chi connectivity index (χ2v) is 9.10. The van der Waals surface area contributed by atoms with E-state index in [1.807, 2.05) is 31.0 Å². The zero-order chi connectivity index (χ0) is 17.6. The Bertz CT molecular complexity index is 631. The monoisotopic (exact) mass is 351 g/mol. The van der Waals surface area contributed by atoms with E-state index in [1.165, 1.54) is 19.3 Å². The third kappa shape index (κ3) is 5.71. The Balaban J connectivity index is 1.76. The highest BCUT2D eigenvalue weighted by Gasteiger charge is 2.21. The van der Waals surface area contributed by atoms with Gasteiger partial charge in [-0.25, -0.2) is 8.42 Å². The van der Waals surface area contributed by atoms with Crippen molar-refractivity contribution in [1.29, 1.82) is 0 Å². The van der Waals surface area contributed by atoms with Gasteiger partial charge >= 0.3 is 0 Å². The minimum atomic E-state index is -3.26. The molecule has 4 nitrogen and oxygen atoms in total. The first-order valence-electron chi connectivity index (χ1n) is 8.89. The molecule has 5 heteroatoms. The molecule has 134 valence electrons. The third-order valence-electron chi connectivity index (χ3n) is 4.92. The summed E-state index contributed by atoms with van der Waals surface area (Å²) in [4.78, 5) is 14.5. The van der Waals surface area contributed by atoms with Crippen molar-refractivity contribution in [2.75, 3.05) is 25.9 Å². The van der Waals surface area contributed by atoms with E-state index in [0.717, 1.165) is 18.4 Å². The Morgan fingerprint density at radius 3 is 2.33 bits per heavy atom. The van der Waals surface area contributed by atoms with E-state index >= 15 is 0 Å². The van der Waals surface area contributed by atoms with Crippen LogP contribution >= 0.6 is 0 Å². The molecular formula is C19H29NO3S. The molecule has 0 unspecified atom stereocenters. The molecule has 0 saturated heterocycles. The topological polar surface area (TPSA) is 54.5 Å². The molecule has 0 aromatic heterocycles. The van der Waals surface area contributed by atoms with Gasteiger partial charge in [0.25, 0.3) is 0 Å². The normalized spacial score (nSPS) is 16.5. The molecule has 0 atom stereocenters. The molecule has 0 radical (unpaired) electrons. The van der Waals surface area contributed by atoms with Gasteiger partial charge in [0.05, 0.1) is 10.6 Å². The first kappa shape index (κ1) is 19.1. The van der Waals surface area contributed by atoms with Gasteiger partial charge in [-0.15, -0.1) is 0 Å². The van der Waals surface area contributed by atoms with E-state index in [4.69, 9.17) is 0 Å². The van der Waals surface area contributed by atoms with E-state index in [0.29, 0.717) is 30.2 Å². The standard InChI is InChI=1S/C19H29NO3S/c1-16-8-10-18(11-9-16)24(22,23)15-14-20(2)13-12-19(21)17-6-4-3-5-7-17/h8-11,17H,3-7,12-15H2,1-2H3. The van der Waals surface area contributed by atoms with Crippen LogP contribution in [0.1, 0.15) is 44.1 Å². The van der Waals surface area contributed by atoms with Crippen molar-refractivity contribution in [3.05, 3.63) is 29.8 Å². The van der Waals surface area contributed by atoms with Gasteiger partial charge < -0.3 is 4.90 Å². The average Bonchev–Trinajstić information content (AvgIpc) is 2.59. The summed E-state index contributed by atoms with van der Waals surface area (Å²) < 4.78 is 24.7. The smallest absolute Gasteiger partial charge is 0.179 e. The lowest BCUT2D eigenvalue weighted by molar-refractivity contribution is -0.124. The molecule has 0 spiro atoms. The molecule has 1 saturated carbocycles. The second kappa shape index (κ2) is 8.77. The lowest BCUT2D eigenvalue weighted by Gasteiger charge is -2.22. The molecule has 1 aliphatic rings. The fourth-order valence-corrected chi connectivity index (χ4v) is 4.52. The van der Waals surface area contributed by atoms with Gasteiger partial charge in [-0.3, -0.25) is 4.79 Å². The van der Waals surface area contributed by atoms with Crippen LogP contribution in [0.2, 0.25) is 0 Å². The number of Topliss-reactive ketones (excluding diaryl/α,β-unsaturated/α-hetero) is 1. The first-order valence-corrected chi connectivity index (χ1v) is 10.5. The Morgan fingerprint density at radius 1 is 1.08 bits per heavy atom. The van der Waals surface area contributed by atoms with Crippen LogP contribution in [-0.4, -0.2) is 45.0 Å². The summed E-state index contributed by atoms with van der Waals surface area (Å²) in [5.41, 5.74) is 1.05. The van der Waals surface area contributed by atoms with Gasteiger partial charge in [0.1, 0.15) is 5.78 Å². The lowest BCUT2D eigenvalue weighted by atomic mass is 9.85. The Morgan fingerprint density at radius 2 is 1.71 bits per heavy atom. The van der Waals surface area contributed by atoms with E-state index in [9.17, 15) is 13.2 Å². The maximum Gasteiger partial charge on any atom is 0.179 e. The number of carbonyl (C=O) groups is 1. The maximum atomic E-state index is 12.3. The van der Waals surface area contributed by atoms with Crippen LogP contribution in [-0.2, 0) is 14.6 Å². The Hall–Kier alpha value is -1.20. The van der Waals surface area contributed by atoms with Gasteiger partial charge in [0, 0.05) is 25.4 Å². The summed E-state index contributed by atoms with van der Waals surface area (Å²) in [5, 5.41) is 0. The fraction of sp³-hybridized carbons (Fsp3) is 0.632. The van der Waals surface area contributed by atoms with Gasteiger partial charge in [-0.2, -0.15) is 0 Å². The van der Waals surface area contributed by atoms with E-state index < -0.39 is 9.84 Å². The number of carbonyl (C=O) groups excluding carboxylic acids is 1. The summed E-state index contributed by atoms with van der Waals surface area (Å²) in [6, 6.07) is 6.97. The largest absolute Gasteiger partial charge is 0.305 e. The van der Waals surface area contributed by atoms with Crippen LogP contribution in [0.3, 0.4) is 0 Å². The molecule has 24 heavy (non-hydrogen) atoms. The van der Waals surface area contributed by atoms with Crippen LogP contribution in [0, 0.1) is 12.8 Å². The number of rotatable bonds is 8. The predicted molar refractivity (Wildman–Crippen MR) is 96.9 cm³/mol. The summed E-state index contributed by atoms with van der Waals surface area (Å²) in [7, 11) is -1.37. The lowest BCUT2D eigenvalue weighted by Crippen LogP contribution is -2.29. The highest BCUT2D eigenvalue weighted by atomic mass is 32.2.